The molecule has 1 aliphatic carbocycles. The van der Waals surface area contributed by atoms with Gasteiger partial charge in [0.25, 0.3) is 5.91 Å². The topological polar surface area (TPSA) is 147 Å². The lowest BCUT2D eigenvalue weighted by Crippen LogP contribution is -2.43. The second-order valence-electron chi connectivity index (χ2n) is 18.6. The lowest BCUT2D eigenvalue weighted by atomic mass is 9.83. The van der Waals surface area contributed by atoms with Gasteiger partial charge >= 0.3 is 11.4 Å². The number of halogens is 1. The molecule has 63 heavy (non-hydrogen) atoms. The molecule has 4 aliphatic rings. The molecular formula is C48H49FN8O6. The Morgan fingerprint density at radius 3 is 2.37 bits per heavy atom. The third-order valence-corrected chi connectivity index (χ3v) is 14.2. The van der Waals surface area contributed by atoms with Crippen LogP contribution in [0.2, 0.25) is 0 Å². The smallest absolute Gasteiger partial charge is 0.438 e. The van der Waals surface area contributed by atoms with Crippen molar-refractivity contribution >= 4 is 16.8 Å². The Bertz CT molecular complexity index is 3090. The number of hydrogen-bond donors (Lipinski definition) is 1. The van der Waals surface area contributed by atoms with Crippen LogP contribution in [0.15, 0.2) is 87.2 Å². The highest BCUT2D eigenvalue weighted by molar-refractivity contribution is 6.00. The van der Waals surface area contributed by atoms with Crippen LogP contribution in [0.4, 0.5) is 4.39 Å². The van der Waals surface area contributed by atoms with Crippen molar-refractivity contribution in [3.05, 3.63) is 139 Å². The van der Waals surface area contributed by atoms with Crippen LogP contribution in [0.3, 0.4) is 0 Å². The van der Waals surface area contributed by atoms with Gasteiger partial charge in [0.1, 0.15) is 28.6 Å². The first kappa shape index (κ1) is 39.4. The van der Waals surface area contributed by atoms with E-state index in [0.29, 0.717) is 77.4 Å². The van der Waals surface area contributed by atoms with Crippen LogP contribution in [0.5, 0.6) is 5.75 Å². The number of nitrogens with one attached hydrogen (secondary N) is 1. The number of methoxy groups -OCH3 is 1. The number of benzene rings is 3. The van der Waals surface area contributed by atoms with Gasteiger partial charge in [0.05, 0.1) is 35.8 Å². The van der Waals surface area contributed by atoms with Crippen molar-refractivity contribution in [2.24, 2.45) is 5.92 Å². The number of ether oxygens (including phenoxy) is 2. The Hall–Kier alpha value is -6.48. The van der Waals surface area contributed by atoms with Crippen LogP contribution in [0.1, 0.15) is 109 Å². The second-order valence-corrected chi connectivity index (χ2v) is 18.6. The van der Waals surface area contributed by atoms with Crippen LogP contribution >= 0.6 is 0 Å². The number of amides is 1. The van der Waals surface area contributed by atoms with Crippen LogP contribution in [-0.4, -0.2) is 69.8 Å². The molecule has 1 amide bonds. The minimum Gasteiger partial charge on any atom is -0.497 e. The maximum atomic E-state index is 15.7. The van der Waals surface area contributed by atoms with Gasteiger partial charge in [0, 0.05) is 47.9 Å². The molecule has 3 fully saturated rings. The fourth-order valence-corrected chi connectivity index (χ4v) is 11.1. The van der Waals surface area contributed by atoms with Crippen molar-refractivity contribution in [2.45, 2.75) is 102 Å². The van der Waals surface area contributed by atoms with Crippen molar-refractivity contribution < 1.29 is 23.2 Å². The predicted octanol–water partition coefficient (Wildman–Crippen LogP) is 7.57. The Kier molecular flexibility index (Phi) is 8.76. The molecule has 11 rings (SSSR count). The highest BCUT2D eigenvalue weighted by Crippen LogP contribution is 2.56. The molecule has 2 saturated heterocycles. The Morgan fingerprint density at radius 1 is 0.937 bits per heavy atom. The molecule has 4 aromatic heterocycles. The molecule has 14 nitrogen and oxygen atoms in total. The molecule has 15 heteroatoms. The van der Waals surface area contributed by atoms with E-state index in [2.05, 4.69) is 53.7 Å². The number of aromatic amines is 1. The van der Waals surface area contributed by atoms with Gasteiger partial charge in [0.2, 0.25) is 0 Å². The normalized spacial score (nSPS) is 23.6. The number of aryl methyl sites for hydroxylation is 2. The summed E-state index contributed by atoms with van der Waals surface area (Å²) >= 11 is 0. The minimum atomic E-state index is -0.812. The maximum Gasteiger partial charge on any atom is 0.438 e. The van der Waals surface area contributed by atoms with E-state index in [1.54, 1.807) is 71.4 Å². The van der Waals surface area contributed by atoms with Gasteiger partial charge < -0.3 is 18.9 Å². The van der Waals surface area contributed by atoms with Gasteiger partial charge in [-0.05, 0) is 143 Å². The monoisotopic (exact) mass is 852 g/mol. The summed E-state index contributed by atoms with van der Waals surface area (Å²) < 4.78 is 38.6. The molecule has 3 aliphatic heterocycles. The van der Waals surface area contributed by atoms with E-state index in [0.717, 1.165) is 41.4 Å². The number of H-pyrrole nitrogens is 1. The van der Waals surface area contributed by atoms with Gasteiger partial charge in [-0.25, -0.2) is 18.7 Å². The summed E-state index contributed by atoms with van der Waals surface area (Å²) in [7, 11) is 1.59. The predicted molar refractivity (Wildman–Crippen MR) is 232 cm³/mol. The largest absolute Gasteiger partial charge is 0.497 e. The first-order valence-corrected chi connectivity index (χ1v) is 21.8. The SMILES string of the molecule is COc1ccc(-n2ccn(-c3c4c(nn3-c3cc(C)c(F)c(C)c3)C[C@H]3CC[C@@H]4N3C(=O)c3cc4cc([C@H]5CCOC(C)(C)C5)ccc4n3[C@@]3(c4noc(=O)[nH]4)C[C@@H]3C)c2=O)cc1. The van der Waals surface area contributed by atoms with Gasteiger partial charge in [-0.3, -0.25) is 23.4 Å². The first-order valence-electron chi connectivity index (χ1n) is 21.8. The molecule has 324 valence electrons. The average Bonchev–Trinajstić information content (AvgIpc) is 3.86. The quantitative estimate of drug-likeness (QED) is 0.165. The van der Waals surface area contributed by atoms with Crippen LogP contribution in [0, 0.1) is 25.6 Å². The van der Waals surface area contributed by atoms with Gasteiger partial charge in [-0.15, -0.1) is 0 Å². The van der Waals surface area contributed by atoms with E-state index in [4.69, 9.17) is 19.1 Å². The fraction of sp³-hybridized carbons (Fsp3) is 0.396. The van der Waals surface area contributed by atoms with Crippen molar-refractivity contribution in [3.8, 4) is 22.9 Å². The van der Waals surface area contributed by atoms with E-state index in [-0.39, 0.29) is 35.0 Å². The number of rotatable bonds is 8. The number of imidazole rings is 1. The Labute approximate surface area is 361 Å². The molecule has 0 spiro atoms. The highest BCUT2D eigenvalue weighted by atomic mass is 19.1. The summed E-state index contributed by atoms with van der Waals surface area (Å²) in [5.74, 6) is 0.795. The summed E-state index contributed by atoms with van der Waals surface area (Å²) in [5, 5.41) is 10.3. The zero-order chi connectivity index (χ0) is 43.7. The zero-order valence-electron chi connectivity index (χ0n) is 36.1. The third-order valence-electron chi connectivity index (χ3n) is 14.2. The van der Waals surface area contributed by atoms with Crippen molar-refractivity contribution in [2.75, 3.05) is 13.7 Å². The third kappa shape index (κ3) is 6.02. The lowest BCUT2D eigenvalue weighted by Gasteiger charge is -2.36. The molecular weight excluding hydrogens is 804 g/mol. The van der Waals surface area contributed by atoms with Crippen molar-refractivity contribution in [3.63, 3.8) is 0 Å². The Balaban J connectivity index is 1.07. The summed E-state index contributed by atoms with van der Waals surface area (Å²) in [6.45, 7) is 10.5. The second kappa shape index (κ2) is 14.0. The minimum absolute atomic E-state index is 0.0371. The molecule has 1 N–H and O–H groups in total. The summed E-state index contributed by atoms with van der Waals surface area (Å²) in [4.78, 5) is 47.6. The van der Waals surface area contributed by atoms with E-state index in [9.17, 15) is 9.59 Å². The van der Waals surface area contributed by atoms with Gasteiger partial charge in [-0.1, -0.05) is 18.1 Å². The summed E-state index contributed by atoms with van der Waals surface area (Å²) in [5.41, 5.74) is 4.94. The van der Waals surface area contributed by atoms with Crippen molar-refractivity contribution in [1.82, 2.24) is 38.5 Å². The average molecular weight is 853 g/mol. The standard InChI is InChI=1S/C48H49FN8O6/c1-26-19-34(20-27(2)41(26)49)57-42(54-17-16-53(46(54)60)32-8-11-35(61-6)12-9-32)40-36(51-57)23-33-10-14-38(40)55(33)43(58)39-22-31-21-29(30-15-18-62-47(4,5)25-30)7-13-37(31)56(39)48(24-28(48)3)44-50-45(59)63-52-44/h7-9,11-13,16-17,19-22,28,30,33,38H,10,14-15,18,23-25H2,1-6H3,(H,50,52,59)/t28-,30-,33+,38-,48-/m0/s1. The zero-order valence-corrected chi connectivity index (χ0v) is 36.1. The van der Waals surface area contributed by atoms with Crippen LogP contribution < -0.4 is 16.2 Å². The first-order chi connectivity index (χ1) is 30.3. The van der Waals surface area contributed by atoms with E-state index in [1.165, 1.54) is 5.56 Å². The molecule has 2 bridgehead atoms. The molecule has 7 heterocycles. The molecule has 0 radical (unpaired) electrons. The Morgan fingerprint density at radius 2 is 1.68 bits per heavy atom. The van der Waals surface area contributed by atoms with Gasteiger partial charge in [0.15, 0.2) is 5.82 Å². The molecule has 3 aromatic carbocycles. The number of carbonyl (C=O) groups is 1. The number of nitrogens with zero attached hydrogens (tertiary/aromatic N) is 7. The molecule has 5 atom stereocenters. The number of carbonyl (C=O) groups excluding carboxylic acids is 1. The van der Waals surface area contributed by atoms with Crippen molar-refractivity contribution in [1.29, 1.82) is 0 Å². The number of aromatic nitrogens is 7. The highest BCUT2D eigenvalue weighted by Gasteiger charge is 2.59. The summed E-state index contributed by atoms with van der Waals surface area (Å²) in [6.07, 6.45) is 7.73. The van der Waals surface area contributed by atoms with Crippen LogP contribution in [0.25, 0.3) is 28.1 Å². The lowest BCUT2D eigenvalue weighted by molar-refractivity contribution is -0.0592. The summed E-state index contributed by atoms with van der Waals surface area (Å²) in [6, 6.07) is 18.6. The molecule has 1 saturated carbocycles. The molecule has 0 unspecified atom stereocenters. The fourth-order valence-electron chi connectivity index (χ4n) is 11.1. The number of hydrogen-bond acceptors (Lipinski definition) is 8. The van der Waals surface area contributed by atoms with Crippen LogP contribution in [-0.2, 0) is 16.7 Å². The molecule has 7 aromatic rings. The van der Waals surface area contributed by atoms with Gasteiger partial charge in [-0.2, -0.15) is 5.10 Å². The number of fused-ring (bicyclic) bond motifs is 5. The maximum absolute atomic E-state index is 15.7. The van der Waals surface area contributed by atoms with E-state index < -0.39 is 17.3 Å². The van der Waals surface area contributed by atoms with E-state index in [1.807, 2.05) is 23.1 Å². The van der Waals surface area contributed by atoms with E-state index >= 15 is 9.18 Å².